The van der Waals surface area contributed by atoms with Crippen molar-refractivity contribution in [2.45, 2.75) is 33.9 Å². The Labute approximate surface area is 98.5 Å². The van der Waals surface area contributed by atoms with Gasteiger partial charge in [-0.1, -0.05) is 20.8 Å². The Morgan fingerprint density at radius 1 is 1.50 bits per heavy atom. The van der Waals surface area contributed by atoms with Gasteiger partial charge in [-0.15, -0.1) is 0 Å². The van der Waals surface area contributed by atoms with Crippen molar-refractivity contribution in [1.29, 1.82) is 0 Å². The van der Waals surface area contributed by atoms with Crippen LogP contribution in [0.15, 0.2) is 12.5 Å². The Morgan fingerprint density at radius 3 is 2.81 bits per heavy atom. The highest BCUT2D eigenvalue weighted by Crippen LogP contribution is 2.05. The molecule has 16 heavy (non-hydrogen) atoms. The first-order chi connectivity index (χ1) is 7.65. The van der Waals surface area contributed by atoms with Gasteiger partial charge >= 0.3 is 0 Å². The monoisotopic (exact) mass is 224 g/mol. The summed E-state index contributed by atoms with van der Waals surface area (Å²) in [5.41, 5.74) is 6.64. The van der Waals surface area contributed by atoms with Gasteiger partial charge in [0.25, 0.3) is 0 Å². The van der Waals surface area contributed by atoms with Crippen molar-refractivity contribution in [2.75, 3.05) is 19.6 Å². The number of nitrogens with zero attached hydrogens (tertiary/aromatic N) is 3. The van der Waals surface area contributed by atoms with Crippen LogP contribution in [0, 0.1) is 5.92 Å². The molecule has 0 saturated carbocycles. The van der Waals surface area contributed by atoms with Crippen LogP contribution in [0.2, 0.25) is 0 Å². The van der Waals surface area contributed by atoms with Crippen LogP contribution < -0.4 is 5.73 Å². The first-order valence-corrected chi connectivity index (χ1v) is 6.08. The van der Waals surface area contributed by atoms with E-state index in [9.17, 15) is 0 Å². The third-order valence-electron chi connectivity index (χ3n) is 2.53. The summed E-state index contributed by atoms with van der Waals surface area (Å²) in [7, 11) is 0. The van der Waals surface area contributed by atoms with Crippen LogP contribution in [0.4, 0.5) is 0 Å². The number of hydrogen-bond acceptors (Lipinski definition) is 3. The average Bonchev–Trinajstić information content (AvgIpc) is 2.64. The van der Waals surface area contributed by atoms with Gasteiger partial charge in [0.2, 0.25) is 0 Å². The smallest absolute Gasteiger partial charge is 0.0950 e. The van der Waals surface area contributed by atoms with Gasteiger partial charge in [-0.25, -0.2) is 4.98 Å². The molecule has 0 aliphatic carbocycles. The molecule has 0 spiro atoms. The van der Waals surface area contributed by atoms with E-state index < -0.39 is 0 Å². The third-order valence-corrected chi connectivity index (χ3v) is 2.53. The molecule has 0 fully saturated rings. The molecule has 0 aliphatic heterocycles. The predicted molar refractivity (Wildman–Crippen MR) is 67.1 cm³/mol. The Hall–Kier alpha value is -0.870. The molecule has 2 N–H and O–H groups in total. The maximum atomic E-state index is 5.50. The maximum Gasteiger partial charge on any atom is 0.0950 e. The Balaban J connectivity index is 2.49. The molecule has 4 heteroatoms. The largest absolute Gasteiger partial charge is 0.336 e. The van der Waals surface area contributed by atoms with Gasteiger partial charge in [-0.3, -0.25) is 4.90 Å². The average molecular weight is 224 g/mol. The van der Waals surface area contributed by atoms with E-state index in [-0.39, 0.29) is 0 Å². The van der Waals surface area contributed by atoms with Crippen LogP contribution in [-0.4, -0.2) is 34.1 Å². The van der Waals surface area contributed by atoms with Gasteiger partial charge in [0.15, 0.2) is 0 Å². The lowest BCUT2D eigenvalue weighted by atomic mass is 10.2. The molecule has 0 atom stereocenters. The van der Waals surface area contributed by atoms with Crippen molar-refractivity contribution >= 4 is 0 Å². The van der Waals surface area contributed by atoms with Gasteiger partial charge < -0.3 is 10.3 Å². The molecule has 0 bridgehead atoms. The molecule has 0 radical (unpaired) electrons. The van der Waals surface area contributed by atoms with Crippen molar-refractivity contribution < 1.29 is 0 Å². The van der Waals surface area contributed by atoms with Crippen molar-refractivity contribution in [3.05, 3.63) is 18.2 Å². The van der Waals surface area contributed by atoms with Gasteiger partial charge in [0, 0.05) is 32.4 Å². The Bertz CT molecular complexity index is 293. The molecule has 1 aromatic heterocycles. The molecule has 0 saturated heterocycles. The fraction of sp³-hybridized carbons (Fsp3) is 0.750. The van der Waals surface area contributed by atoms with E-state index in [0.29, 0.717) is 12.5 Å². The Morgan fingerprint density at radius 2 is 2.25 bits per heavy atom. The maximum absolute atomic E-state index is 5.50. The van der Waals surface area contributed by atoms with Crippen LogP contribution in [0.25, 0.3) is 0 Å². The van der Waals surface area contributed by atoms with Crippen LogP contribution >= 0.6 is 0 Å². The van der Waals surface area contributed by atoms with E-state index in [1.807, 2.05) is 6.33 Å². The molecule has 0 unspecified atom stereocenters. The van der Waals surface area contributed by atoms with E-state index in [0.717, 1.165) is 31.9 Å². The lowest BCUT2D eigenvalue weighted by Crippen LogP contribution is -2.27. The highest BCUT2D eigenvalue weighted by atomic mass is 15.1. The molecule has 4 nitrogen and oxygen atoms in total. The van der Waals surface area contributed by atoms with E-state index in [4.69, 9.17) is 5.73 Å². The van der Waals surface area contributed by atoms with E-state index in [1.165, 1.54) is 0 Å². The van der Waals surface area contributed by atoms with Gasteiger partial charge in [0.1, 0.15) is 0 Å². The summed E-state index contributed by atoms with van der Waals surface area (Å²) < 4.78 is 2.05. The topological polar surface area (TPSA) is 47.1 Å². The minimum Gasteiger partial charge on any atom is -0.336 e. The molecule has 1 aromatic rings. The van der Waals surface area contributed by atoms with Crippen molar-refractivity contribution in [3.8, 4) is 0 Å². The zero-order chi connectivity index (χ0) is 12.0. The summed E-state index contributed by atoms with van der Waals surface area (Å²) in [4.78, 5) is 6.81. The summed E-state index contributed by atoms with van der Waals surface area (Å²) in [5.74, 6) is 0.700. The van der Waals surface area contributed by atoms with E-state index in [1.54, 1.807) is 0 Å². The van der Waals surface area contributed by atoms with Crippen molar-refractivity contribution in [2.24, 2.45) is 11.7 Å². The van der Waals surface area contributed by atoms with Gasteiger partial charge in [-0.05, 0) is 12.5 Å². The number of imidazole rings is 1. The second-order valence-electron chi connectivity index (χ2n) is 4.61. The molecule has 0 aliphatic rings. The molecular formula is C12H24N4. The standard InChI is InChI=1S/C12H24N4/c1-4-15(7-11(2)3)8-12-9-16(6-5-13)10-14-12/h9-11H,4-8,13H2,1-3H3. The molecule has 92 valence electrons. The highest BCUT2D eigenvalue weighted by Gasteiger charge is 2.07. The third kappa shape index (κ3) is 4.33. The number of aromatic nitrogens is 2. The van der Waals surface area contributed by atoms with Crippen LogP contribution in [0.5, 0.6) is 0 Å². The van der Waals surface area contributed by atoms with E-state index in [2.05, 4.69) is 41.4 Å². The second-order valence-corrected chi connectivity index (χ2v) is 4.61. The van der Waals surface area contributed by atoms with Crippen LogP contribution in [-0.2, 0) is 13.1 Å². The molecule has 1 rings (SSSR count). The van der Waals surface area contributed by atoms with Gasteiger partial charge in [0.05, 0.1) is 12.0 Å². The van der Waals surface area contributed by atoms with Crippen LogP contribution in [0.1, 0.15) is 26.5 Å². The summed E-state index contributed by atoms with van der Waals surface area (Å²) in [6.45, 7) is 11.3. The van der Waals surface area contributed by atoms with Crippen molar-refractivity contribution in [3.63, 3.8) is 0 Å². The fourth-order valence-corrected chi connectivity index (χ4v) is 1.81. The lowest BCUT2D eigenvalue weighted by Gasteiger charge is -2.21. The zero-order valence-electron chi connectivity index (χ0n) is 10.7. The first kappa shape index (κ1) is 13.2. The number of rotatable bonds is 7. The fourth-order valence-electron chi connectivity index (χ4n) is 1.81. The predicted octanol–water partition coefficient (Wildman–Crippen LogP) is 1.32. The summed E-state index contributed by atoms with van der Waals surface area (Å²) in [5, 5.41) is 0. The van der Waals surface area contributed by atoms with Gasteiger partial charge in [-0.2, -0.15) is 0 Å². The quantitative estimate of drug-likeness (QED) is 0.760. The van der Waals surface area contributed by atoms with Crippen LogP contribution in [0.3, 0.4) is 0 Å². The van der Waals surface area contributed by atoms with E-state index >= 15 is 0 Å². The number of nitrogens with two attached hydrogens (primary N) is 1. The summed E-state index contributed by atoms with van der Waals surface area (Å²) >= 11 is 0. The second kappa shape index (κ2) is 6.66. The molecule has 0 aromatic carbocycles. The minimum absolute atomic E-state index is 0.666. The molecular weight excluding hydrogens is 200 g/mol. The summed E-state index contributed by atoms with van der Waals surface area (Å²) in [6, 6.07) is 0. The first-order valence-electron chi connectivity index (χ1n) is 6.08. The minimum atomic E-state index is 0.666. The lowest BCUT2D eigenvalue weighted by molar-refractivity contribution is 0.246. The molecule has 0 amide bonds. The molecule has 1 heterocycles. The zero-order valence-corrected chi connectivity index (χ0v) is 10.7. The normalized spacial score (nSPS) is 11.6. The Kier molecular flexibility index (Phi) is 5.49. The summed E-state index contributed by atoms with van der Waals surface area (Å²) in [6.07, 6.45) is 3.96. The highest BCUT2D eigenvalue weighted by molar-refractivity contribution is 4.96. The SMILES string of the molecule is CCN(Cc1cn(CCN)cn1)CC(C)C. The van der Waals surface area contributed by atoms with Crippen molar-refractivity contribution in [1.82, 2.24) is 14.5 Å². The number of hydrogen-bond donors (Lipinski definition) is 1.